The summed E-state index contributed by atoms with van der Waals surface area (Å²) in [7, 11) is 1.58. The Morgan fingerprint density at radius 2 is 1.56 bits per heavy atom. The van der Waals surface area contributed by atoms with Crippen LogP contribution in [0.3, 0.4) is 0 Å². The van der Waals surface area contributed by atoms with E-state index < -0.39 is 0 Å². The molecule has 0 bridgehead atoms. The molecule has 1 atom stereocenters. The summed E-state index contributed by atoms with van der Waals surface area (Å²) in [5, 5.41) is 8.67. The van der Waals surface area contributed by atoms with Gasteiger partial charge in [-0.25, -0.2) is 4.39 Å². The van der Waals surface area contributed by atoms with E-state index in [0.29, 0.717) is 43.2 Å². The molecule has 4 aromatic rings. The van der Waals surface area contributed by atoms with Crippen molar-refractivity contribution in [2.75, 3.05) is 44.7 Å². The molecule has 9 heteroatoms. The van der Waals surface area contributed by atoms with Crippen molar-refractivity contribution in [2.45, 2.75) is 13.0 Å². The quantitative estimate of drug-likeness (QED) is 0.311. The minimum atomic E-state index is -0.300. The summed E-state index contributed by atoms with van der Waals surface area (Å²) in [6.07, 6.45) is 0. The first-order chi connectivity index (χ1) is 19.9. The molecule has 1 aliphatic rings. The second-order valence-electron chi connectivity index (χ2n) is 9.90. The zero-order chi connectivity index (χ0) is 28.8. The number of aromatic nitrogens is 2. The minimum Gasteiger partial charge on any atom is -0.497 e. The van der Waals surface area contributed by atoms with Crippen LogP contribution < -0.4 is 9.64 Å². The molecule has 0 radical (unpaired) electrons. The van der Waals surface area contributed by atoms with E-state index in [1.807, 2.05) is 49.4 Å². The van der Waals surface area contributed by atoms with E-state index in [4.69, 9.17) is 4.74 Å². The molecular formula is C32H32FN5O3. The van der Waals surface area contributed by atoms with E-state index >= 15 is 0 Å². The highest BCUT2D eigenvalue weighted by molar-refractivity contribution is 5.97. The Bertz CT molecular complexity index is 1460. The molecule has 2 heterocycles. The van der Waals surface area contributed by atoms with Gasteiger partial charge in [0.15, 0.2) is 5.82 Å². The van der Waals surface area contributed by atoms with Crippen LogP contribution in [0.25, 0.3) is 11.3 Å². The Labute approximate surface area is 239 Å². The van der Waals surface area contributed by atoms with Gasteiger partial charge >= 0.3 is 0 Å². The van der Waals surface area contributed by atoms with E-state index in [0.717, 1.165) is 16.9 Å². The van der Waals surface area contributed by atoms with Gasteiger partial charge in [-0.05, 0) is 73.2 Å². The third-order valence-electron chi connectivity index (χ3n) is 7.40. The lowest BCUT2D eigenvalue weighted by Gasteiger charge is -2.37. The summed E-state index contributed by atoms with van der Waals surface area (Å²) >= 11 is 0. The zero-order valence-corrected chi connectivity index (χ0v) is 23.1. The number of ether oxygens (including phenoxy) is 1. The van der Waals surface area contributed by atoms with Crippen molar-refractivity contribution in [3.63, 3.8) is 0 Å². The number of carbonyl (C=O) groups is 2. The van der Waals surface area contributed by atoms with Crippen LogP contribution in [-0.4, -0.2) is 71.6 Å². The molecule has 0 spiro atoms. The van der Waals surface area contributed by atoms with E-state index in [2.05, 4.69) is 15.1 Å². The Hall–Kier alpha value is -4.79. The zero-order valence-electron chi connectivity index (χ0n) is 23.1. The van der Waals surface area contributed by atoms with Gasteiger partial charge < -0.3 is 19.4 Å². The number of anilines is 1. The summed E-state index contributed by atoms with van der Waals surface area (Å²) < 4.78 is 18.5. The van der Waals surface area contributed by atoms with Crippen LogP contribution in [-0.2, 0) is 4.79 Å². The van der Waals surface area contributed by atoms with Crippen molar-refractivity contribution < 1.29 is 18.7 Å². The number of amides is 2. The summed E-state index contributed by atoms with van der Waals surface area (Å²) in [6, 6.07) is 26.2. The van der Waals surface area contributed by atoms with Gasteiger partial charge in [0.05, 0.1) is 18.8 Å². The smallest absolute Gasteiger partial charge is 0.254 e. The van der Waals surface area contributed by atoms with Crippen LogP contribution in [0.4, 0.5) is 10.2 Å². The number of piperazine rings is 1. The van der Waals surface area contributed by atoms with Crippen LogP contribution >= 0.6 is 0 Å². The van der Waals surface area contributed by atoms with E-state index in [9.17, 15) is 14.0 Å². The molecule has 1 aliphatic heterocycles. The predicted molar refractivity (Wildman–Crippen MR) is 155 cm³/mol. The summed E-state index contributed by atoms with van der Waals surface area (Å²) in [5.41, 5.74) is 2.90. The van der Waals surface area contributed by atoms with Gasteiger partial charge in [0.1, 0.15) is 18.1 Å². The van der Waals surface area contributed by atoms with Crippen molar-refractivity contribution in [1.29, 1.82) is 0 Å². The highest BCUT2D eigenvalue weighted by Gasteiger charge is 2.29. The lowest BCUT2D eigenvalue weighted by molar-refractivity contribution is -0.132. The maximum Gasteiger partial charge on any atom is 0.254 e. The van der Waals surface area contributed by atoms with Crippen molar-refractivity contribution in [3.05, 3.63) is 108 Å². The summed E-state index contributed by atoms with van der Waals surface area (Å²) in [6.45, 7) is 4.10. The predicted octanol–water partition coefficient (Wildman–Crippen LogP) is 4.84. The molecule has 1 saturated heterocycles. The topological polar surface area (TPSA) is 78.9 Å². The second-order valence-corrected chi connectivity index (χ2v) is 9.90. The number of rotatable bonds is 8. The monoisotopic (exact) mass is 553 g/mol. The third-order valence-corrected chi connectivity index (χ3v) is 7.40. The molecule has 210 valence electrons. The molecule has 1 fully saturated rings. The van der Waals surface area contributed by atoms with Crippen LogP contribution in [0.5, 0.6) is 5.75 Å². The van der Waals surface area contributed by atoms with Crippen LogP contribution in [0.1, 0.15) is 28.9 Å². The Morgan fingerprint density at radius 1 is 0.878 bits per heavy atom. The van der Waals surface area contributed by atoms with Gasteiger partial charge in [-0.3, -0.25) is 9.59 Å². The number of carbonyl (C=O) groups excluding carboxylic acids is 2. The maximum absolute atomic E-state index is 13.6. The number of nitrogens with zero attached hydrogens (tertiary/aromatic N) is 5. The molecule has 3 aromatic carbocycles. The average molecular weight is 554 g/mol. The standard InChI is InChI=1S/C32H32FN5O3/c1-23(24-6-4-3-5-7-24)38(32(40)26-10-14-28(41-2)15-11-26)22-31(39)37-20-18-36(19-21-37)30-17-16-29(34-35-30)25-8-12-27(33)13-9-25/h3-17,23H,18-22H2,1-2H3/t23-/m1/s1. The normalized spacial score (nSPS) is 13.9. The first-order valence-electron chi connectivity index (χ1n) is 13.6. The number of benzene rings is 3. The molecule has 1 aromatic heterocycles. The van der Waals surface area contributed by atoms with Gasteiger partial charge in [0.25, 0.3) is 5.91 Å². The molecule has 0 aliphatic carbocycles. The minimum absolute atomic E-state index is 0.0346. The van der Waals surface area contributed by atoms with Crippen molar-refractivity contribution in [2.24, 2.45) is 0 Å². The van der Waals surface area contributed by atoms with Crippen LogP contribution in [0, 0.1) is 5.82 Å². The number of hydrogen-bond acceptors (Lipinski definition) is 6. The number of methoxy groups -OCH3 is 1. The maximum atomic E-state index is 13.6. The second kappa shape index (κ2) is 12.6. The Kier molecular flexibility index (Phi) is 8.53. The lowest BCUT2D eigenvalue weighted by atomic mass is 10.1. The first-order valence-corrected chi connectivity index (χ1v) is 13.6. The fourth-order valence-corrected chi connectivity index (χ4v) is 4.89. The fourth-order valence-electron chi connectivity index (χ4n) is 4.89. The Morgan fingerprint density at radius 3 is 2.17 bits per heavy atom. The molecule has 8 nitrogen and oxygen atoms in total. The van der Waals surface area contributed by atoms with Gasteiger partial charge in [-0.2, -0.15) is 0 Å². The van der Waals surface area contributed by atoms with E-state index in [-0.39, 0.29) is 30.2 Å². The Balaban J connectivity index is 1.24. The molecule has 2 amide bonds. The number of halogens is 1. The van der Waals surface area contributed by atoms with Crippen molar-refractivity contribution >= 4 is 17.6 Å². The third kappa shape index (κ3) is 6.51. The van der Waals surface area contributed by atoms with Gasteiger partial charge in [0.2, 0.25) is 5.91 Å². The molecular weight excluding hydrogens is 521 g/mol. The van der Waals surface area contributed by atoms with Crippen LogP contribution in [0.15, 0.2) is 91.0 Å². The molecule has 0 N–H and O–H groups in total. The van der Waals surface area contributed by atoms with Crippen molar-refractivity contribution in [1.82, 2.24) is 20.0 Å². The van der Waals surface area contributed by atoms with Crippen LogP contribution in [0.2, 0.25) is 0 Å². The average Bonchev–Trinajstić information content (AvgIpc) is 3.04. The highest BCUT2D eigenvalue weighted by atomic mass is 19.1. The first kappa shape index (κ1) is 27.8. The largest absolute Gasteiger partial charge is 0.497 e. The number of hydrogen-bond donors (Lipinski definition) is 0. The van der Waals surface area contributed by atoms with Gasteiger partial charge in [-0.15, -0.1) is 10.2 Å². The molecule has 41 heavy (non-hydrogen) atoms. The van der Waals surface area contributed by atoms with E-state index in [1.54, 1.807) is 53.3 Å². The summed E-state index contributed by atoms with van der Waals surface area (Å²) in [4.78, 5) is 32.6. The van der Waals surface area contributed by atoms with E-state index in [1.165, 1.54) is 12.1 Å². The van der Waals surface area contributed by atoms with Gasteiger partial charge in [0, 0.05) is 37.3 Å². The molecule has 0 saturated carbocycles. The SMILES string of the molecule is COc1ccc(C(=O)N(CC(=O)N2CCN(c3ccc(-c4ccc(F)cc4)nn3)CC2)[C@H](C)c2ccccc2)cc1. The molecule has 0 unspecified atom stereocenters. The fraction of sp³-hybridized carbons (Fsp3) is 0.250. The van der Waals surface area contributed by atoms with Crippen molar-refractivity contribution in [3.8, 4) is 17.0 Å². The molecule has 5 rings (SSSR count). The summed E-state index contributed by atoms with van der Waals surface area (Å²) in [5.74, 6) is 0.762. The van der Waals surface area contributed by atoms with Gasteiger partial charge in [-0.1, -0.05) is 30.3 Å². The highest BCUT2D eigenvalue weighted by Crippen LogP contribution is 2.24. The lowest BCUT2D eigenvalue weighted by Crippen LogP contribution is -2.52.